The molecule has 2 aromatic heterocycles. The molecule has 18 heavy (non-hydrogen) atoms. The Hall–Kier alpha value is -2.14. The molecule has 0 radical (unpaired) electrons. The molecule has 0 atom stereocenters. The van der Waals surface area contributed by atoms with Crippen molar-refractivity contribution in [2.24, 2.45) is 0 Å². The van der Waals surface area contributed by atoms with Crippen molar-refractivity contribution in [1.82, 2.24) is 15.0 Å². The van der Waals surface area contributed by atoms with E-state index in [1.54, 1.807) is 17.7 Å². The predicted octanol–water partition coefficient (Wildman–Crippen LogP) is 3.15. The van der Waals surface area contributed by atoms with Crippen LogP contribution in [0.1, 0.15) is 5.69 Å². The number of imidazole rings is 1. The highest BCUT2D eigenvalue weighted by molar-refractivity contribution is 7.13. The summed E-state index contributed by atoms with van der Waals surface area (Å²) in [6.45, 7) is 0.737. The van der Waals surface area contributed by atoms with E-state index in [9.17, 15) is 0 Å². The molecule has 90 valence electrons. The van der Waals surface area contributed by atoms with Crippen molar-refractivity contribution < 1.29 is 0 Å². The smallest absolute Gasteiger partial charge is 0.123 e. The number of hydrogen-bond acceptors (Lipinski definition) is 4. The van der Waals surface area contributed by atoms with E-state index in [0.29, 0.717) is 0 Å². The Kier molecular flexibility index (Phi) is 3.06. The Morgan fingerprint density at radius 1 is 1.33 bits per heavy atom. The fourth-order valence-electron chi connectivity index (χ4n) is 1.71. The number of H-pyrrole nitrogens is 1. The summed E-state index contributed by atoms with van der Waals surface area (Å²) < 4.78 is 0. The molecule has 3 rings (SSSR count). The molecule has 0 amide bonds. The molecule has 1 aromatic carbocycles. The Labute approximate surface area is 109 Å². The largest absolute Gasteiger partial charge is 0.379 e. The van der Waals surface area contributed by atoms with Crippen LogP contribution in [0.25, 0.3) is 10.6 Å². The molecule has 2 N–H and O–H groups in total. The molecular weight excluding hydrogens is 244 g/mol. The van der Waals surface area contributed by atoms with Crippen LogP contribution < -0.4 is 5.32 Å². The lowest BCUT2D eigenvalue weighted by atomic mass is 10.2. The SMILES string of the molecule is c1cc(NCc2cnc[nH]2)cc(-c2nccs2)c1. The summed E-state index contributed by atoms with van der Waals surface area (Å²) >= 11 is 1.65. The van der Waals surface area contributed by atoms with Gasteiger partial charge in [-0.25, -0.2) is 9.97 Å². The molecule has 0 aliphatic carbocycles. The zero-order chi connectivity index (χ0) is 12.2. The Morgan fingerprint density at radius 3 is 3.11 bits per heavy atom. The number of rotatable bonds is 4. The highest BCUT2D eigenvalue weighted by Crippen LogP contribution is 2.24. The van der Waals surface area contributed by atoms with Crippen LogP contribution in [0.5, 0.6) is 0 Å². The van der Waals surface area contributed by atoms with Gasteiger partial charge in [-0.3, -0.25) is 0 Å². The molecular formula is C13H12N4S. The number of benzene rings is 1. The van der Waals surface area contributed by atoms with Crippen LogP contribution in [0.2, 0.25) is 0 Å². The second-order valence-electron chi connectivity index (χ2n) is 3.85. The van der Waals surface area contributed by atoms with Crippen LogP contribution in [-0.2, 0) is 6.54 Å². The van der Waals surface area contributed by atoms with Crippen molar-refractivity contribution in [2.45, 2.75) is 6.54 Å². The van der Waals surface area contributed by atoms with Crippen LogP contribution in [0.3, 0.4) is 0 Å². The number of anilines is 1. The second-order valence-corrected chi connectivity index (χ2v) is 4.74. The molecule has 0 saturated heterocycles. The summed E-state index contributed by atoms with van der Waals surface area (Å²) in [5, 5.41) is 6.38. The van der Waals surface area contributed by atoms with Gasteiger partial charge in [0, 0.05) is 29.0 Å². The van der Waals surface area contributed by atoms with Crippen molar-refractivity contribution >= 4 is 17.0 Å². The highest BCUT2D eigenvalue weighted by atomic mass is 32.1. The third kappa shape index (κ3) is 2.41. The van der Waals surface area contributed by atoms with Gasteiger partial charge in [-0.15, -0.1) is 11.3 Å². The molecule has 2 heterocycles. The topological polar surface area (TPSA) is 53.6 Å². The first-order valence-electron chi connectivity index (χ1n) is 5.63. The van der Waals surface area contributed by atoms with E-state index >= 15 is 0 Å². The summed E-state index contributed by atoms with van der Waals surface area (Å²) in [6.07, 6.45) is 5.32. The Balaban J connectivity index is 1.75. The van der Waals surface area contributed by atoms with E-state index in [2.05, 4.69) is 32.4 Å². The first-order chi connectivity index (χ1) is 8.92. The lowest BCUT2D eigenvalue weighted by molar-refractivity contribution is 1.07. The van der Waals surface area contributed by atoms with Gasteiger partial charge in [0.05, 0.1) is 18.6 Å². The van der Waals surface area contributed by atoms with Gasteiger partial charge in [0.1, 0.15) is 5.01 Å². The third-order valence-electron chi connectivity index (χ3n) is 2.58. The number of nitrogens with one attached hydrogen (secondary N) is 2. The van der Waals surface area contributed by atoms with E-state index in [4.69, 9.17) is 0 Å². The molecule has 0 fully saturated rings. The first kappa shape index (κ1) is 11.0. The maximum atomic E-state index is 4.31. The summed E-state index contributed by atoms with van der Waals surface area (Å²) in [7, 11) is 0. The van der Waals surface area contributed by atoms with Gasteiger partial charge in [-0.2, -0.15) is 0 Å². The summed E-state index contributed by atoms with van der Waals surface area (Å²) in [5.41, 5.74) is 3.28. The second kappa shape index (κ2) is 5.01. The monoisotopic (exact) mass is 256 g/mol. The maximum Gasteiger partial charge on any atom is 0.123 e. The molecule has 3 aromatic rings. The van der Waals surface area contributed by atoms with Crippen LogP contribution in [0, 0.1) is 0 Å². The molecule has 0 spiro atoms. The zero-order valence-electron chi connectivity index (χ0n) is 9.63. The van der Waals surface area contributed by atoms with Crippen molar-refractivity contribution in [3.05, 3.63) is 54.1 Å². The third-order valence-corrected chi connectivity index (χ3v) is 3.40. The van der Waals surface area contributed by atoms with Gasteiger partial charge in [-0.05, 0) is 12.1 Å². The first-order valence-corrected chi connectivity index (χ1v) is 6.51. The van der Waals surface area contributed by atoms with Gasteiger partial charge < -0.3 is 10.3 Å². The van der Waals surface area contributed by atoms with Gasteiger partial charge in [0.15, 0.2) is 0 Å². The van der Waals surface area contributed by atoms with E-state index in [-0.39, 0.29) is 0 Å². The minimum atomic E-state index is 0.737. The Morgan fingerprint density at radius 2 is 2.33 bits per heavy atom. The maximum absolute atomic E-state index is 4.31. The molecule has 0 saturated carbocycles. The van der Waals surface area contributed by atoms with Gasteiger partial charge in [-0.1, -0.05) is 12.1 Å². The van der Waals surface area contributed by atoms with Crippen LogP contribution >= 0.6 is 11.3 Å². The number of thiazole rings is 1. The highest BCUT2D eigenvalue weighted by Gasteiger charge is 2.01. The van der Waals surface area contributed by atoms with Crippen LogP contribution in [-0.4, -0.2) is 15.0 Å². The molecule has 5 heteroatoms. The Bertz CT molecular complexity index is 602. The number of aromatic nitrogens is 3. The van der Waals surface area contributed by atoms with E-state index < -0.39 is 0 Å². The van der Waals surface area contributed by atoms with Gasteiger partial charge in [0.25, 0.3) is 0 Å². The quantitative estimate of drug-likeness (QED) is 0.754. The average Bonchev–Trinajstić information content (AvgIpc) is 3.10. The zero-order valence-corrected chi connectivity index (χ0v) is 10.4. The van der Waals surface area contributed by atoms with Gasteiger partial charge in [0.2, 0.25) is 0 Å². The molecule has 0 unspecified atom stereocenters. The van der Waals surface area contributed by atoms with Crippen molar-refractivity contribution in [3.8, 4) is 10.6 Å². The normalized spacial score (nSPS) is 10.4. The molecule has 0 aliphatic rings. The van der Waals surface area contributed by atoms with E-state index in [0.717, 1.165) is 28.5 Å². The standard InChI is InChI=1S/C13H12N4S/c1-2-10(13-15-4-5-18-13)6-11(3-1)16-8-12-7-14-9-17-12/h1-7,9,16H,8H2,(H,14,17). The van der Waals surface area contributed by atoms with E-state index in [1.165, 1.54) is 0 Å². The molecule has 0 aliphatic heterocycles. The number of aromatic amines is 1. The fraction of sp³-hybridized carbons (Fsp3) is 0.0769. The van der Waals surface area contributed by atoms with Crippen molar-refractivity contribution in [3.63, 3.8) is 0 Å². The number of hydrogen-bond donors (Lipinski definition) is 2. The average molecular weight is 256 g/mol. The lowest BCUT2D eigenvalue weighted by Crippen LogP contribution is -1.99. The summed E-state index contributed by atoms with van der Waals surface area (Å²) in [6, 6.07) is 8.26. The van der Waals surface area contributed by atoms with Crippen LogP contribution in [0.4, 0.5) is 5.69 Å². The summed E-state index contributed by atoms with van der Waals surface area (Å²) in [4.78, 5) is 11.4. The van der Waals surface area contributed by atoms with E-state index in [1.807, 2.05) is 29.9 Å². The van der Waals surface area contributed by atoms with Crippen molar-refractivity contribution in [2.75, 3.05) is 5.32 Å². The van der Waals surface area contributed by atoms with Crippen molar-refractivity contribution in [1.29, 1.82) is 0 Å². The fourth-order valence-corrected chi connectivity index (χ4v) is 2.34. The minimum absolute atomic E-state index is 0.737. The number of nitrogens with zero attached hydrogens (tertiary/aromatic N) is 2. The molecule has 4 nitrogen and oxygen atoms in total. The summed E-state index contributed by atoms with van der Waals surface area (Å²) in [5.74, 6) is 0. The predicted molar refractivity (Wildman–Crippen MR) is 73.5 cm³/mol. The minimum Gasteiger partial charge on any atom is -0.379 e. The lowest BCUT2D eigenvalue weighted by Gasteiger charge is -2.06. The van der Waals surface area contributed by atoms with Crippen LogP contribution in [0.15, 0.2) is 48.4 Å². The van der Waals surface area contributed by atoms with Gasteiger partial charge >= 0.3 is 0 Å². The molecule has 0 bridgehead atoms.